The van der Waals surface area contributed by atoms with Crippen molar-refractivity contribution in [2.75, 3.05) is 13.2 Å². The molecular formula is C2H6ClNO2. The first-order valence-corrected chi connectivity index (χ1v) is 1.78. The molecule has 0 unspecified atom stereocenters. The van der Waals surface area contributed by atoms with E-state index in [4.69, 9.17) is 11.9 Å². The van der Waals surface area contributed by atoms with Crippen molar-refractivity contribution in [3.05, 3.63) is 0 Å². The van der Waals surface area contributed by atoms with Gasteiger partial charge < -0.3 is 4.84 Å². The summed E-state index contributed by atoms with van der Waals surface area (Å²) in [6, 6.07) is 0. The van der Waals surface area contributed by atoms with Gasteiger partial charge in [-0.25, -0.2) is 5.90 Å². The zero-order valence-electron chi connectivity index (χ0n) is 3.19. The van der Waals surface area contributed by atoms with Crippen LogP contribution in [0.3, 0.4) is 0 Å². The lowest BCUT2D eigenvalue weighted by Gasteiger charge is -1.88. The van der Waals surface area contributed by atoms with Crippen LogP contribution in [0.15, 0.2) is 0 Å². The summed E-state index contributed by atoms with van der Waals surface area (Å²) in [5.74, 6) is 4.58. The van der Waals surface area contributed by atoms with Crippen molar-refractivity contribution in [1.82, 2.24) is 0 Å². The fraction of sp³-hybridized carbons (Fsp3) is 1.00. The second kappa shape index (κ2) is 5.17. The van der Waals surface area contributed by atoms with Gasteiger partial charge in [-0.3, -0.25) is 4.29 Å². The topological polar surface area (TPSA) is 44.5 Å². The van der Waals surface area contributed by atoms with E-state index in [1.54, 1.807) is 0 Å². The fourth-order valence-electron chi connectivity index (χ4n) is 0.0796. The molecular weight excluding hydrogens is 105 g/mol. The number of hydrogen-bond donors (Lipinski definition) is 1. The molecule has 0 aromatic carbocycles. The predicted molar refractivity (Wildman–Crippen MR) is 21.9 cm³/mol. The van der Waals surface area contributed by atoms with Crippen LogP contribution in [0.4, 0.5) is 0 Å². The molecule has 6 heavy (non-hydrogen) atoms. The van der Waals surface area contributed by atoms with Gasteiger partial charge in [0.25, 0.3) is 0 Å². The van der Waals surface area contributed by atoms with Gasteiger partial charge in [0.15, 0.2) is 0 Å². The largest absolute Gasteiger partial charge is 0.302 e. The van der Waals surface area contributed by atoms with Crippen LogP contribution in [0.1, 0.15) is 0 Å². The highest BCUT2D eigenvalue weighted by atomic mass is 35.5. The smallest absolute Gasteiger partial charge is 0.0936 e. The molecule has 0 radical (unpaired) electrons. The highest BCUT2D eigenvalue weighted by Gasteiger charge is 1.76. The van der Waals surface area contributed by atoms with E-state index in [0.29, 0.717) is 13.2 Å². The van der Waals surface area contributed by atoms with Crippen LogP contribution in [0.2, 0.25) is 0 Å². The normalized spacial score (nSPS) is 9.00. The molecule has 0 fully saturated rings. The molecule has 0 rings (SSSR count). The third kappa shape index (κ3) is 4.17. The number of halogens is 1. The van der Waals surface area contributed by atoms with Gasteiger partial charge >= 0.3 is 0 Å². The van der Waals surface area contributed by atoms with Crippen molar-refractivity contribution in [2.45, 2.75) is 0 Å². The van der Waals surface area contributed by atoms with Gasteiger partial charge in [0.2, 0.25) is 0 Å². The molecule has 0 spiro atoms. The second-order valence-electron chi connectivity index (χ2n) is 0.684. The van der Waals surface area contributed by atoms with Crippen molar-refractivity contribution in [1.29, 1.82) is 0 Å². The number of nitrogens with two attached hydrogens (primary N) is 1. The van der Waals surface area contributed by atoms with Gasteiger partial charge in [0.05, 0.1) is 25.1 Å². The molecule has 38 valence electrons. The molecule has 2 N–H and O–H groups in total. The molecule has 0 saturated heterocycles. The lowest BCUT2D eigenvalue weighted by molar-refractivity contribution is 0.106. The van der Waals surface area contributed by atoms with E-state index in [-0.39, 0.29) is 0 Å². The molecule has 0 aromatic rings. The Bertz CT molecular complexity index is 23.5. The minimum absolute atomic E-state index is 0.331. The van der Waals surface area contributed by atoms with Crippen molar-refractivity contribution in [3.8, 4) is 0 Å². The minimum Gasteiger partial charge on any atom is -0.302 e. The molecule has 0 aliphatic heterocycles. The van der Waals surface area contributed by atoms with Crippen molar-refractivity contribution >= 4 is 11.9 Å². The summed E-state index contributed by atoms with van der Waals surface area (Å²) in [6.45, 7) is 0.668. The lowest BCUT2D eigenvalue weighted by Crippen LogP contribution is -2.04. The Labute approximate surface area is 41.1 Å². The quantitative estimate of drug-likeness (QED) is 0.413. The Morgan fingerprint density at radius 1 is 1.50 bits per heavy atom. The molecule has 0 atom stereocenters. The molecule has 4 heteroatoms. The first kappa shape index (κ1) is 6.17. The zero-order valence-corrected chi connectivity index (χ0v) is 3.94. The molecule has 0 heterocycles. The Balaban J connectivity index is 2.34. The molecule has 0 saturated carbocycles. The first-order valence-electron chi connectivity index (χ1n) is 1.47. The van der Waals surface area contributed by atoms with E-state index < -0.39 is 0 Å². The molecule has 0 aliphatic rings. The van der Waals surface area contributed by atoms with Crippen LogP contribution < -0.4 is 5.90 Å². The first-order chi connectivity index (χ1) is 2.91. The summed E-state index contributed by atoms with van der Waals surface area (Å²) in [5.41, 5.74) is 0. The van der Waals surface area contributed by atoms with Crippen LogP contribution in [-0.2, 0) is 9.13 Å². The van der Waals surface area contributed by atoms with Crippen LogP contribution in [0.25, 0.3) is 0 Å². The Hall–Kier alpha value is 0.170. The van der Waals surface area contributed by atoms with Crippen molar-refractivity contribution in [2.24, 2.45) is 5.90 Å². The summed E-state index contributed by atoms with van der Waals surface area (Å²) in [4.78, 5) is 4.07. The Kier molecular flexibility index (Phi) is 5.32. The van der Waals surface area contributed by atoms with Crippen LogP contribution in [0, 0.1) is 0 Å². The van der Waals surface area contributed by atoms with Crippen LogP contribution >= 0.6 is 11.9 Å². The SMILES string of the molecule is NOCCOCl. The molecule has 3 nitrogen and oxygen atoms in total. The maximum atomic E-state index is 4.74. The highest BCUT2D eigenvalue weighted by molar-refractivity contribution is 6.07. The number of hydrogen-bond acceptors (Lipinski definition) is 3. The minimum atomic E-state index is 0.331. The van der Waals surface area contributed by atoms with Gasteiger partial charge in [0.1, 0.15) is 0 Å². The van der Waals surface area contributed by atoms with E-state index in [0.717, 1.165) is 0 Å². The summed E-state index contributed by atoms with van der Waals surface area (Å²) < 4.78 is 4.05. The molecule has 0 aliphatic carbocycles. The number of rotatable bonds is 3. The third-order valence-electron chi connectivity index (χ3n) is 0.278. The Morgan fingerprint density at radius 3 is 2.33 bits per heavy atom. The van der Waals surface area contributed by atoms with Crippen molar-refractivity contribution < 1.29 is 9.13 Å². The van der Waals surface area contributed by atoms with Gasteiger partial charge in [-0.05, 0) is 0 Å². The van der Waals surface area contributed by atoms with E-state index in [2.05, 4.69) is 15.0 Å². The summed E-state index contributed by atoms with van der Waals surface area (Å²) in [7, 11) is 0. The van der Waals surface area contributed by atoms with Gasteiger partial charge in [-0.2, -0.15) is 0 Å². The summed E-state index contributed by atoms with van der Waals surface area (Å²) in [5, 5.41) is 0. The Morgan fingerprint density at radius 2 is 2.17 bits per heavy atom. The van der Waals surface area contributed by atoms with Gasteiger partial charge in [0, 0.05) is 0 Å². The van der Waals surface area contributed by atoms with E-state index in [9.17, 15) is 0 Å². The highest BCUT2D eigenvalue weighted by Crippen LogP contribution is 1.75. The standard InChI is InChI=1S/C2H6ClNO2/c3-5-1-2-6-4/h1-2,4H2. The maximum absolute atomic E-state index is 4.74. The van der Waals surface area contributed by atoms with E-state index >= 15 is 0 Å². The van der Waals surface area contributed by atoms with E-state index in [1.807, 2.05) is 0 Å². The average Bonchev–Trinajstić information content (AvgIpc) is 1.61. The second-order valence-corrected chi connectivity index (χ2v) is 0.902. The zero-order chi connectivity index (χ0) is 4.83. The monoisotopic (exact) mass is 111 g/mol. The fourth-order valence-corrected chi connectivity index (χ4v) is 0.143. The van der Waals surface area contributed by atoms with E-state index in [1.165, 1.54) is 0 Å². The third-order valence-corrected chi connectivity index (χ3v) is 0.433. The maximum Gasteiger partial charge on any atom is 0.0936 e. The van der Waals surface area contributed by atoms with Gasteiger partial charge in [-0.15, -0.1) is 0 Å². The average molecular weight is 112 g/mol. The summed E-state index contributed by atoms with van der Waals surface area (Å²) >= 11 is 4.74. The summed E-state index contributed by atoms with van der Waals surface area (Å²) in [6.07, 6.45) is 0. The lowest BCUT2D eigenvalue weighted by atomic mass is 10.8. The molecule has 0 bridgehead atoms. The predicted octanol–water partition coefficient (Wildman–Crippen LogP) is 0.0471. The van der Waals surface area contributed by atoms with Crippen LogP contribution in [0.5, 0.6) is 0 Å². The van der Waals surface area contributed by atoms with Gasteiger partial charge in [-0.1, -0.05) is 0 Å². The molecule has 0 aromatic heterocycles. The van der Waals surface area contributed by atoms with Crippen LogP contribution in [-0.4, -0.2) is 13.2 Å². The van der Waals surface area contributed by atoms with Crippen molar-refractivity contribution in [3.63, 3.8) is 0 Å². The molecule has 0 amide bonds.